The molecule has 1 fully saturated rings. The van der Waals surface area contributed by atoms with Crippen molar-refractivity contribution in [2.24, 2.45) is 0 Å². The van der Waals surface area contributed by atoms with E-state index in [1.807, 2.05) is 33.8 Å². The summed E-state index contributed by atoms with van der Waals surface area (Å²) in [6, 6.07) is 16.4. The van der Waals surface area contributed by atoms with Crippen LogP contribution in [0.25, 0.3) is 11.0 Å². The van der Waals surface area contributed by atoms with E-state index < -0.39 is 11.7 Å². The summed E-state index contributed by atoms with van der Waals surface area (Å²) >= 11 is 0. The van der Waals surface area contributed by atoms with Gasteiger partial charge in [-0.2, -0.15) is 0 Å². The zero-order chi connectivity index (χ0) is 34.3. The second-order valence-electron chi connectivity index (χ2n) is 13.7. The molecule has 0 unspecified atom stereocenters. The highest BCUT2D eigenvalue weighted by molar-refractivity contribution is 5.80. The number of nitrogens with one attached hydrogen (secondary N) is 2. The van der Waals surface area contributed by atoms with E-state index in [-0.39, 0.29) is 5.75 Å². The lowest BCUT2D eigenvalue weighted by Gasteiger charge is -2.27. The van der Waals surface area contributed by atoms with E-state index >= 15 is 0 Å². The molecular weight excluding hydrogens is 606 g/mol. The van der Waals surface area contributed by atoms with Gasteiger partial charge in [-0.25, -0.2) is 9.78 Å². The smallest absolute Gasteiger partial charge is 0.407 e. The summed E-state index contributed by atoms with van der Waals surface area (Å²) in [6.07, 6.45) is 0.552. The number of imidazole rings is 1. The lowest BCUT2D eigenvalue weighted by molar-refractivity contribution is 0.0378. The average molecular weight is 658 g/mol. The third-order valence-electron chi connectivity index (χ3n) is 8.24. The second-order valence-corrected chi connectivity index (χ2v) is 13.7. The van der Waals surface area contributed by atoms with Gasteiger partial charge in [-0.15, -0.1) is 0 Å². The highest BCUT2D eigenvalue weighted by atomic mass is 16.6. The van der Waals surface area contributed by atoms with Crippen LogP contribution >= 0.6 is 0 Å². The number of aromatic nitrogens is 3. The molecule has 2 aromatic heterocycles. The summed E-state index contributed by atoms with van der Waals surface area (Å²) < 4.78 is 13.1. The van der Waals surface area contributed by atoms with Crippen LogP contribution in [0.2, 0.25) is 0 Å². The van der Waals surface area contributed by atoms with Crippen molar-refractivity contribution in [1.82, 2.24) is 24.8 Å². The molecule has 1 saturated heterocycles. The summed E-state index contributed by atoms with van der Waals surface area (Å²) in [5, 5.41) is 17.2. The number of fused-ring (bicyclic) bond motifs is 1. The van der Waals surface area contributed by atoms with Crippen LogP contribution in [0.3, 0.4) is 0 Å². The number of morpholine rings is 1. The summed E-state index contributed by atoms with van der Waals surface area (Å²) in [5.41, 5.74) is 7.25. The van der Waals surface area contributed by atoms with Crippen molar-refractivity contribution >= 4 is 28.8 Å². The van der Waals surface area contributed by atoms with Gasteiger partial charge in [0.25, 0.3) is 0 Å². The largest absolute Gasteiger partial charge is 0.506 e. The maximum absolute atomic E-state index is 12.4. The third kappa shape index (κ3) is 9.84. The van der Waals surface area contributed by atoms with Gasteiger partial charge in [0.2, 0.25) is 5.95 Å². The predicted molar refractivity (Wildman–Crippen MR) is 191 cm³/mol. The number of amides is 1. The van der Waals surface area contributed by atoms with Crippen molar-refractivity contribution in [1.29, 1.82) is 0 Å². The number of rotatable bonds is 13. The Bertz CT molecular complexity index is 1670. The van der Waals surface area contributed by atoms with Gasteiger partial charge in [-0.05, 0) is 108 Å². The fourth-order valence-corrected chi connectivity index (χ4v) is 6.02. The van der Waals surface area contributed by atoms with E-state index in [9.17, 15) is 9.90 Å². The summed E-state index contributed by atoms with van der Waals surface area (Å²) in [4.78, 5) is 26.7. The molecule has 3 heterocycles. The molecule has 1 aliphatic rings. The maximum Gasteiger partial charge on any atom is 0.407 e. The van der Waals surface area contributed by atoms with Crippen molar-refractivity contribution in [3.8, 4) is 5.75 Å². The number of anilines is 2. The molecule has 1 aliphatic heterocycles. The van der Waals surface area contributed by atoms with Gasteiger partial charge in [0.05, 0.1) is 30.8 Å². The van der Waals surface area contributed by atoms with Crippen LogP contribution in [0.15, 0.2) is 48.5 Å². The lowest BCUT2D eigenvalue weighted by Crippen LogP contribution is -2.38. The number of aryl methyl sites for hydroxylation is 3. The van der Waals surface area contributed by atoms with E-state index in [1.54, 1.807) is 6.07 Å². The first kappa shape index (κ1) is 35.0. The number of carbonyl (C=O) groups is 1. The van der Waals surface area contributed by atoms with Crippen molar-refractivity contribution < 1.29 is 19.4 Å². The zero-order valence-electron chi connectivity index (χ0n) is 29.3. The van der Waals surface area contributed by atoms with Crippen molar-refractivity contribution in [2.75, 3.05) is 62.7 Å². The molecule has 258 valence electrons. The molecule has 4 aromatic rings. The lowest BCUT2D eigenvalue weighted by atomic mass is 10.1. The minimum absolute atomic E-state index is 0.162. The van der Waals surface area contributed by atoms with Gasteiger partial charge in [0.1, 0.15) is 17.0 Å². The Balaban J connectivity index is 1.40. The molecule has 0 bridgehead atoms. The first-order valence-corrected chi connectivity index (χ1v) is 16.9. The van der Waals surface area contributed by atoms with Crippen molar-refractivity contribution in [3.63, 3.8) is 0 Å². The van der Waals surface area contributed by atoms with Gasteiger partial charge in [-0.1, -0.05) is 12.1 Å². The molecule has 1 amide bonds. The fraction of sp³-hybridized carbons (Fsp3) is 0.486. The van der Waals surface area contributed by atoms with Gasteiger partial charge < -0.3 is 34.7 Å². The molecule has 48 heavy (non-hydrogen) atoms. The average Bonchev–Trinajstić information content (AvgIpc) is 3.36. The van der Waals surface area contributed by atoms with Gasteiger partial charge in [0.15, 0.2) is 0 Å². The summed E-state index contributed by atoms with van der Waals surface area (Å²) in [5.74, 6) is 0.912. The minimum Gasteiger partial charge on any atom is -0.506 e. The number of hydrogen-bond acceptors (Lipinski definition) is 9. The van der Waals surface area contributed by atoms with Gasteiger partial charge >= 0.3 is 6.09 Å². The summed E-state index contributed by atoms with van der Waals surface area (Å²) in [6.45, 7) is 19.0. The first-order chi connectivity index (χ1) is 22.9. The van der Waals surface area contributed by atoms with E-state index in [4.69, 9.17) is 14.5 Å². The second kappa shape index (κ2) is 15.7. The monoisotopic (exact) mass is 657 g/mol. The van der Waals surface area contributed by atoms with Crippen LogP contribution in [0, 0.1) is 20.8 Å². The summed E-state index contributed by atoms with van der Waals surface area (Å²) in [7, 11) is 0. The Hall–Kier alpha value is -4.35. The first-order valence-electron chi connectivity index (χ1n) is 16.9. The van der Waals surface area contributed by atoms with Gasteiger partial charge in [0, 0.05) is 50.6 Å². The Morgan fingerprint density at radius 2 is 1.75 bits per heavy atom. The van der Waals surface area contributed by atoms with Crippen LogP contribution in [0.1, 0.15) is 55.3 Å². The van der Waals surface area contributed by atoms with E-state index in [0.717, 1.165) is 79.7 Å². The number of benzene rings is 2. The normalized spacial score (nSPS) is 13.9. The predicted octanol–water partition coefficient (Wildman–Crippen LogP) is 5.78. The molecule has 0 atom stereocenters. The maximum atomic E-state index is 12.4. The molecule has 0 radical (unpaired) electrons. The molecule has 2 aromatic carbocycles. The third-order valence-corrected chi connectivity index (χ3v) is 8.24. The van der Waals surface area contributed by atoms with E-state index in [2.05, 4.69) is 80.2 Å². The molecule has 3 N–H and O–H groups in total. The SMILES string of the molecule is Cc1cc(C)cc(N(CCNC(=O)OC(C)(C)C)Cc2ccc3nc(NCCCN4CCOCC4)n(Cc4nc(C)ccc4O)c3c2)c1. The highest BCUT2D eigenvalue weighted by Gasteiger charge is 2.19. The topological polar surface area (TPSA) is 117 Å². The van der Waals surface area contributed by atoms with Gasteiger partial charge in [-0.3, -0.25) is 9.88 Å². The molecule has 0 spiro atoms. The highest BCUT2D eigenvalue weighted by Crippen LogP contribution is 2.27. The molecule has 0 aliphatic carbocycles. The number of ether oxygens (including phenoxy) is 2. The number of pyridine rings is 1. The van der Waals surface area contributed by atoms with Crippen molar-refractivity contribution in [3.05, 3.63) is 76.6 Å². The zero-order valence-corrected chi connectivity index (χ0v) is 29.3. The Morgan fingerprint density at radius 1 is 1.00 bits per heavy atom. The standard InChI is InChI=1S/C37H51N7O4/c1-26-20-27(2)22-30(21-26)43(15-13-39-36(46)48-37(4,5)6)24-29-9-10-31-33(23-29)44(25-32-34(45)11-8-28(3)40-32)35(41-31)38-12-7-14-42-16-18-47-19-17-42/h8-11,20-23,45H,7,12-19,24-25H2,1-6H3,(H,38,41)(H,39,46). The Labute approximate surface area is 284 Å². The molecule has 11 heteroatoms. The molecule has 11 nitrogen and oxygen atoms in total. The molecule has 0 saturated carbocycles. The fourth-order valence-electron chi connectivity index (χ4n) is 6.02. The van der Waals surface area contributed by atoms with Crippen LogP contribution in [0.4, 0.5) is 16.4 Å². The van der Waals surface area contributed by atoms with E-state index in [1.165, 1.54) is 11.1 Å². The number of nitrogens with zero attached hydrogens (tertiary/aromatic N) is 5. The Morgan fingerprint density at radius 3 is 2.48 bits per heavy atom. The number of alkyl carbamates (subject to hydrolysis) is 1. The van der Waals surface area contributed by atoms with Crippen LogP contribution in [0.5, 0.6) is 5.75 Å². The number of carbonyl (C=O) groups excluding carboxylic acids is 1. The van der Waals surface area contributed by atoms with Crippen molar-refractivity contribution in [2.45, 2.75) is 66.7 Å². The van der Waals surface area contributed by atoms with Crippen LogP contribution in [-0.2, 0) is 22.6 Å². The quantitative estimate of drug-likeness (QED) is 0.154. The molecule has 5 rings (SSSR count). The van der Waals surface area contributed by atoms with E-state index in [0.29, 0.717) is 31.9 Å². The number of aromatic hydroxyl groups is 1. The van der Waals surface area contributed by atoms with Crippen LogP contribution < -0.4 is 15.5 Å². The molecular formula is C37H51N7O4. The minimum atomic E-state index is -0.559. The number of hydrogen-bond donors (Lipinski definition) is 3. The Kier molecular flexibility index (Phi) is 11.4. The van der Waals surface area contributed by atoms with Crippen LogP contribution in [-0.4, -0.2) is 88.7 Å².